The summed E-state index contributed by atoms with van der Waals surface area (Å²) < 4.78 is 5.17. The quantitative estimate of drug-likeness (QED) is 0.780. The van der Waals surface area contributed by atoms with E-state index in [0.717, 1.165) is 12.2 Å². The monoisotopic (exact) mass is 248 g/mol. The molecule has 3 rings (SSSR count). The minimum atomic E-state index is 0.906. The van der Waals surface area contributed by atoms with Crippen molar-refractivity contribution in [1.82, 2.24) is 0 Å². The summed E-state index contributed by atoms with van der Waals surface area (Å²) in [7, 11) is 1.69. The fourth-order valence-electron chi connectivity index (χ4n) is 2.33. The predicted molar refractivity (Wildman–Crippen MR) is 79.2 cm³/mol. The summed E-state index contributed by atoms with van der Waals surface area (Å²) in [6, 6.07) is 8.26. The molecule has 0 amide bonds. The van der Waals surface area contributed by atoms with Gasteiger partial charge in [-0.05, 0) is 40.8 Å². The Hall–Kier alpha value is -2.28. The van der Waals surface area contributed by atoms with Crippen molar-refractivity contribution in [2.75, 3.05) is 7.11 Å². The van der Waals surface area contributed by atoms with Crippen molar-refractivity contribution >= 4 is 0 Å². The molecule has 1 aromatic carbocycles. The maximum atomic E-state index is 5.17. The third kappa shape index (κ3) is 2.60. The van der Waals surface area contributed by atoms with Crippen LogP contribution in [-0.2, 0) is 6.42 Å². The van der Waals surface area contributed by atoms with Crippen molar-refractivity contribution in [3.05, 3.63) is 89.1 Å². The second-order valence-corrected chi connectivity index (χ2v) is 4.71. The number of benzene rings is 1. The molecule has 0 atom stereocenters. The van der Waals surface area contributed by atoms with Gasteiger partial charge in [0, 0.05) is 0 Å². The third-order valence-corrected chi connectivity index (χ3v) is 3.38. The van der Waals surface area contributed by atoms with E-state index >= 15 is 0 Å². The van der Waals surface area contributed by atoms with Crippen molar-refractivity contribution in [2.24, 2.45) is 0 Å². The molecule has 0 saturated carbocycles. The fraction of sp³-hybridized carbons (Fsp3) is 0.111. The number of ether oxygens (including phenoxy) is 1. The van der Waals surface area contributed by atoms with Crippen molar-refractivity contribution in [1.29, 1.82) is 0 Å². The zero-order chi connectivity index (χ0) is 13.1. The van der Waals surface area contributed by atoms with Crippen molar-refractivity contribution in [2.45, 2.75) is 6.42 Å². The summed E-state index contributed by atoms with van der Waals surface area (Å²) in [6.45, 7) is 0. The van der Waals surface area contributed by atoms with Gasteiger partial charge in [-0.25, -0.2) is 0 Å². The number of hydrogen-bond acceptors (Lipinski definition) is 1. The van der Waals surface area contributed by atoms with Crippen LogP contribution >= 0.6 is 0 Å². The minimum Gasteiger partial charge on any atom is -0.497 e. The first kappa shape index (κ1) is 11.8. The normalized spacial score (nSPS) is 16.4. The molecule has 1 nitrogen and oxygen atoms in total. The SMILES string of the molecule is COc1ccc(CC2=CC(=C3C=CC=C3)C=C2)cc1. The Morgan fingerprint density at radius 3 is 2.26 bits per heavy atom. The van der Waals surface area contributed by atoms with Crippen LogP contribution in [0.5, 0.6) is 5.75 Å². The molecule has 19 heavy (non-hydrogen) atoms. The van der Waals surface area contributed by atoms with Gasteiger partial charge in [-0.1, -0.05) is 54.7 Å². The van der Waals surface area contributed by atoms with Gasteiger partial charge >= 0.3 is 0 Å². The van der Waals surface area contributed by atoms with Gasteiger partial charge in [0.2, 0.25) is 0 Å². The molecule has 0 aromatic heterocycles. The van der Waals surface area contributed by atoms with Crippen molar-refractivity contribution in [3.8, 4) is 5.75 Å². The summed E-state index contributed by atoms with van der Waals surface area (Å²) >= 11 is 0. The smallest absolute Gasteiger partial charge is 0.118 e. The molecule has 0 fully saturated rings. The molecule has 94 valence electrons. The van der Waals surface area contributed by atoms with Gasteiger partial charge in [0.25, 0.3) is 0 Å². The number of rotatable bonds is 3. The highest BCUT2D eigenvalue weighted by atomic mass is 16.5. The maximum absolute atomic E-state index is 5.17. The minimum absolute atomic E-state index is 0.906. The van der Waals surface area contributed by atoms with Crippen LogP contribution in [0.25, 0.3) is 0 Å². The van der Waals surface area contributed by atoms with Gasteiger partial charge in [0.15, 0.2) is 0 Å². The van der Waals surface area contributed by atoms with Crippen LogP contribution in [0.4, 0.5) is 0 Å². The van der Waals surface area contributed by atoms with Crippen LogP contribution in [-0.4, -0.2) is 7.11 Å². The molecule has 0 aliphatic heterocycles. The Kier molecular flexibility index (Phi) is 3.20. The number of hydrogen-bond donors (Lipinski definition) is 0. The summed E-state index contributed by atoms with van der Waals surface area (Å²) in [5, 5.41) is 0. The van der Waals surface area contributed by atoms with Crippen LogP contribution < -0.4 is 4.74 Å². The van der Waals surface area contributed by atoms with Crippen LogP contribution in [0, 0.1) is 0 Å². The summed E-state index contributed by atoms with van der Waals surface area (Å²) in [4.78, 5) is 0. The molecular weight excluding hydrogens is 232 g/mol. The van der Waals surface area contributed by atoms with E-state index in [1.165, 1.54) is 22.3 Å². The molecule has 0 spiro atoms. The molecular formula is C18H16O. The molecule has 2 aliphatic carbocycles. The molecule has 0 radical (unpaired) electrons. The van der Waals surface area contributed by atoms with Crippen LogP contribution in [0.3, 0.4) is 0 Å². The lowest BCUT2D eigenvalue weighted by molar-refractivity contribution is 0.414. The van der Waals surface area contributed by atoms with E-state index in [-0.39, 0.29) is 0 Å². The van der Waals surface area contributed by atoms with E-state index in [4.69, 9.17) is 4.74 Å². The Labute approximate surface area is 113 Å². The highest BCUT2D eigenvalue weighted by molar-refractivity contribution is 5.57. The molecule has 0 N–H and O–H groups in total. The van der Waals surface area contributed by atoms with Crippen molar-refractivity contribution in [3.63, 3.8) is 0 Å². The fourth-order valence-corrected chi connectivity index (χ4v) is 2.33. The molecule has 0 bridgehead atoms. The molecule has 1 heteroatoms. The van der Waals surface area contributed by atoms with Gasteiger partial charge < -0.3 is 4.74 Å². The largest absolute Gasteiger partial charge is 0.497 e. The van der Waals surface area contributed by atoms with Gasteiger partial charge in [0.05, 0.1) is 7.11 Å². The lowest BCUT2D eigenvalue weighted by Crippen LogP contribution is -1.88. The average molecular weight is 248 g/mol. The molecule has 0 heterocycles. The first-order chi connectivity index (χ1) is 9.35. The Morgan fingerprint density at radius 1 is 0.842 bits per heavy atom. The molecule has 1 aromatic rings. The summed E-state index contributed by atoms with van der Waals surface area (Å²) in [5.74, 6) is 0.906. The van der Waals surface area contributed by atoms with Crippen molar-refractivity contribution < 1.29 is 4.74 Å². The lowest BCUT2D eigenvalue weighted by Gasteiger charge is -2.03. The van der Waals surface area contributed by atoms with Crippen LogP contribution in [0.15, 0.2) is 83.5 Å². The first-order valence-electron chi connectivity index (χ1n) is 6.46. The number of allylic oxidation sites excluding steroid dienone is 10. The van der Waals surface area contributed by atoms with Gasteiger partial charge in [0.1, 0.15) is 5.75 Å². The Bertz CT molecular complexity index is 608. The Morgan fingerprint density at radius 2 is 1.58 bits per heavy atom. The van der Waals surface area contributed by atoms with Gasteiger partial charge in [-0.3, -0.25) is 0 Å². The van der Waals surface area contributed by atoms with Gasteiger partial charge in [-0.2, -0.15) is 0 Å². The van der Waals surface area contributed by atoms with E-state index in [1.807, 2.05) is 12.1 Å². The standard InChI is InChI=1S/C18H16O/c1-19-18-10-7-14(8-11-18)12-15-6-9-17(13-15)16-4-2-3-5-16/h2-11,13H,12H2,1H3. The zero-order valence-electron chi connectivity index (χ0n) is 11.0. The first-order valence-corrected chi connectivity index (χ1v) is 6.46. The van der Waals surface area contributed by atoms with Crippen LogP contribution in [0.1, 0.15) is 5.56 Å². The molecule has 0 unspecified atom stereocenters. The number of methoxy groups -OCH3 is 1. The van der Waals surface area contributed by atoms with E-state index < -0.39 is 0 Å². The molecule has 0 saturated heterocycles. The van der Waals surface area contributed by atoms with Crippen LogP contribution in [0.2, 0.25) is 0 Å². The van der Waals surface area contributed by atoms with E-state index in [0.29, 0.717) is 0 Å². The van der Waals surface area contributed by atoms with E-state index in [1.54, 1.807) is 7.11 Å². The third-order valence-electron chi connectivity index (χ3n) is 3.38. The summed E-state index contributed by atoms with van der Waals surface area (Å²) in [6.07, 6.45) is 16.1. The van der Waals surface area contributed by atoms with E-state index in [9.17, 15) is 0 Å². The second kappa shape index (κ2) is 5.15. The second-order valence-electron chi connectivity index (χ2n) is 4.71. The van der Waals surface area contributed by atoms with E-state index in [2.05, 4.69) is 54.7 Å². The summed E-state index contributed by atoms with van der Waals surface area (Å²) in [5.41, 5.74) is 5.25. The average Bonchev–Trinajstić information content (AvgIpc) is 3.10. The highest BCUT2D eigenvalue weighted by Gasteiger charge is 2.07. The maximum Gasteiger partial charge on any atom is 0.118 e. The zero-order valence-corrected chi connectivity index (χ0v) is 11.0. The molecule has 2 aliphatic rings. The highest BCUT2D eigenvalue weighted by Crippen LogP contribution is 2.25. The lowest BCUT2D eigenvalue weighted by atomic mass is 10.1. The Balaban J connectivity index is 1.76. The topological polar surface area (TPSA) is 9.23 Å². The predicted octanol–water partition coefficient (Wildman–Crippen LogP) is 4.16. The van der Waals surface area contributed by atoms with Gasteiger partial charge in [-0.15, -0.1) is 0 Å².